The Morgan fingerprint density at radius 2 is 2.15 bits per heavy atom. The van der Waals surface area contributed by atoms with Gasteiger partial charge in [-0.15, -0.1) is 0 Å². The average molecular weight is 275 g/mol. The van der Waals surface area contributed by atoms with E-state index < -0.39 is 0 Å². The van der Waals surface area contributed by atoms with E-state index in [1.165, 1.54) is 0 Å². The summed E-state index contributed by atoms with van der Waals surface area (Å²) in [7, 11) is 1.78. The number of nitrogens with two attached hydrogens (primary N) is 1. The number of hydrogen-bond donors (Lipinski definition) is 2. The van der Waals surface area contributed by atoms with Crippen LogP contribution in [0.15, 0.2) is 30.3 Å². The van der Waals surface area contributed by atoms with E-state index in [1.807, 2.05) is 30.3 Å². The summed E-state index contributed by atoms with van der Waals surface area (Å²) in [6.07, 6.45) is 2.22. The summed E-state index contributed by atoms with van der Waals surface area (Å²) in [6.45, 7) is 4.90. The lowest BCUT2D eigenvalue weighted by Crippen LogP contribution is -2.49. The minimum atomic E-state index is -0.0731. The molecule has 2 atom stereocenters. The van der Waals surface area contributed by atoms with Crippen molar-refractivity contribution in [2.75, 3.05) is 26.7 Å². The molecular weight excluding hydrogens is 250 g/mol. The van der Waals surface area contributed by atoms with Gasteiger partial charge in [0.1, 0.15) is 0 Å². The Bertz CT molecular complexity index is 448. The van der Waals surface area contributed by atoms with Crippen LogP contribution in [0.25, 0.3) is 0 Å². The fourth-order valence-electron chi connectivity index (χ4n) is 2.96. The van der Waals surface area contributed by atoms with Crippen LogP contribution in [0.2, 0.25) is 0 Å². The summed E-state index contributed by atoms with van der Waals surface area (Å²) in [5.41, 5.74) is 6.85. The standard InChI is InChI=1S/C16H25N3O/c1-16(20-2)9-6-10-19(12-16)11-14(15(17)18)13-7-4-3-5-8-13/h3-5,7-8,14H,6,9-12H2,1-2H3,(H3,17,18). The molecule has 110 valence electrons. The highest BCUT2D eigenvalue weighted by atomic mass is 16.5. The van der Waals surface area contributed by atoms with Crippen LogP contribution in [0, 0.1) is 5.41 Å². The molecule has 4 nitrogen and oxygen atoms in total. The van der Waals surface area contributed by atoms with E-state index in [0.29, 0.717) is 0 Å². The quantitative estimate of drug-likeness (QED) is 0.639. The second-order valence-electron chi connectivity index (χ2n) is 5.91. The predicted molar refractivity (Wildman–Crippen MR) is 82.2 cm³/mol. The molecule has 4 heteroatoms. The van der Waals surface area contributed by atoms with Crippen molar-refractivity contribution in [2.45, 2.75) is 31.3 Å². The topological polar surface area (TPSA) is 62.3 Å². The van der Waals surface area contributed by atoms with Crippen molar-refractivity contribution in [1.29, 1.82) is 5.41 Å². The van der Waals surface area contributed by atoms with Gasteiger partial charge in [-0.1, -0.05) is 30.3 Å². The molecule has 1 aromatic carbocycles. The molecule has 1 aliphatic heterocycles. The largest absolute Gasteiger partial charge is 0.387 e. The highest BCUT2D eigenvalue weighted by molar-refractivity contribution is 5.84. The van der Waals surface area contributed by atoms with Gasteiger partial charge in [-0.05, 0) is 31.9 Å². The van der Waals surface area contributed by atoms with Crippen LogP contribution in [0.5, 0.6) is 0 Å². The van der Waals surface area contributed by atoms with Crippen LogP contribution in [-0.2, 0) is 4.74 Å². The molecule has 1 saturated heterocycles. The zero-order valence-electron chi connectivity index (χ0n) is 12.4. The van der Waals surface area contributed by atoms with E-state index in [9.17, 15) is 0 Å². The molecule has 2 rings (SSSR count). The van der Waals surface area contributed by atoms with Crippen LogP contribution in [0.3, 0.4) is 0 Å². The third kappa shape index (κ3) is 3.58. The van der Waals surface area contributed by atoms with Gasteiger partial charge in [0.25, 0.3) is 0 Å². The van der Waals surface area contributed by atoms with Crippen molar-refractivity contribution < 1.29 is 4.74 Å². The van der Waals surface area contributed by atoms with Crippen molar-refractivity contribution in [2.24, 2.45) is 5.73 Å². The molecule has 3 N–H and O–H groups in total. The zero-order chi connectivity index (χ0) is 14.6. The summed E-state index contributed by atoms with van der Waals surface area (Å²) >= 11 is 0. The van der Waals surface area contributed by atoms with Crippen molar-refractivity contribution in [1.82, 2.24) is 4.90 Å². The minimum Gasteiger partial charge on any atom is -0.387 e. The predicted octanol–water partition coefficient (Wildman–Crippen LogP) is 2.21. The lowest BCUT2D eigenvalue weighted by Gasteiger charge is -2.40. The molecular formula is C16H25N3O. The van der Waals surface area contributed by atoms with E-state index in [2.05, 4.69) is 11.8 Å². The third-order valence-electron chi connectivity index (χ3n) is 4.25. The summed E-state index contributed by atoms with van der Waals surface area (Å²) in [5.74, 6) is 0.205. The number of ether oxygens (including phenoxy) is 1. The van der Waals surface area contributed by atoms with Crippen LogP contribution in [0.1, 0.15) is 31.2 Å². The SMILES string of the molecule is COC1(C)CCCN(CC(C(=N)N)c2ccccc2)C1. The molecule has 0 amide bonds. The number of likely N-dealkylation sites (tertiary alicyclic amines) is 1. The lowest BCUT2D eigenvalue weighted by atomic mass is 9.92. The van der Waals surface area contributed by atoms with Gasteiger partial charge in [0.15, 0.2) is 0 Å². The molecule has 0 saturated carbocycles. The van der Waals surface area contributed by atoms with Crippen LogP contribution < -0.4 is 5.73 Å². The fourth-order valence-corrected chi connectivity index (χ4v) is 2.96. The Morgan fingerprint density at radius 1 is 1.45 bits per heavy atom. The van der Waals surface area contributed by atoms with Gasteiger partial charge in [0.2, 0.25) is 0 Å². The molecule has 0 radical (unpaired) electrons. The van der Waals surface area contributed by atoms with E-state index >= 15 is 0 Å². The number of hydrogen-bond acceptors (Lipinski definition) is 3. The van der Waals surface area contributed by atoms with Gasteiger partial charge in [-0.2, -0.15) is 0 Å². The van der Waals surface area contributed by atoms with Crippen molar-refractivity contribution in [3.63, 3.8) is 0 Å². The number of nitrogens with zero attached hydrogens (tertiary/aromatic N) is 1. The molecule has 1 aliphatic rings. The second kappa shape index (κ2) is 6.37. The molecule has 0 bridgehead atoms. The number of rotatable bonds is 5. The Balaban J connectivity index is 2.07. The van der Waals surface area contributed by atoms with Crippen LogP contribution in [-0.4, -0.2) is 43.1 Å². The van der Waals surface area contributed by atoms with Crippen molar-refractivity contribution >= 4 is 5.84 Å². The van der Waals surface area contributed by atoms with Gasteiger partial charge in [-0.25, -0.2) is 0 Å². The fraction of sp³-hybridized carbons (Fsp3) is 0.562. The molecule has 0 aromatic heterocycles. The highest BCUT2D eigenvalue weighted by Crippen LogP contribution is 2.26. The van der Waals surface area contributed by atoms with Gasteiger partial charge >= 0.3 is 0 Å². The minimum absolute atomic E-state index is 0.0320. The van der Waals surface area contributed by atoms with E-state index in [0.717, 1.165) is 38.0 Å². The molecule has 0 aliphatic carbocycles. The second-order valence-corrected chi connectivity index (χ2v) is 5.91. The first-order valence-corrected chi connectivity index (χ1v) is 7.20. The molecule has 20 heavy (non-hydrogen) atoms. The summed E-state index contributed by atoms with van der Waals surface area (Å²) < 4.78 is 5.63. The van der Waals surface area contributed by atoms with Crippen LogP contribution in [0.4, 0.5) is 0 Å². The maximum atomic E-state index is 7.87. The van der Waals surface area contributed by atoms with Crippen molar-refractivity contribution in [3.8, 4) is 0 Å². The molecule has 0 spiro atoms. The number of amidine groups is 1. The summed E-state index contributed by atoms with van der Waals surface area (Å²) in [6, 6.07) is 10.1. The van der Waals surface area contributed by atoms with E-state index in [1.54, 1.807) is 7.11 Å². The van der Waals surface area contributed by atoms with Gasteiger partial charge in [0.05, 0.1) is 17.4 Å². The van der Waals surface area contributed by atoms with Crippen molar-refractivity contribution in [3.05, 3.63) is 35.9 Å². The zero-order valence-corrected chi connectivity index (χ0v) is 12.4. The first-order valence-electron chi connectivity index (χ1n) is 7.20. The Hall–Kier alpha value is -1.39. The van der Waals surface area contributed by atoms with Gasteiger partial charge in [0, 0.05) is 20.2 Å². The number of methoxy groups -OCH3 is 1. The Labute approximate surface area is 121 Å². The first-order chi connectivity index (χ1) is 9.54. The summed E-state index contributed by atoms with van der Waals surface area (Å²) in [5, 5.41) is 7.87. The van der Waals surface area contributed by atoms with Crippen LogP contribution >= 0.6 is 0 Å². The lowest BCUT2D eigenvalue weighted by molar-refractivity contribution is -0.0507. The smallest absolute Gasteiger partial charge is 0.0995 e. The number of benzene rings is 1. The number of nitrogens with one attached hydrogen (secondary N) is 1. The summed E-state index contributed by atoms with van der Waals surface area (Å²) in [4.78, 5) is 2.37. The first kappa shape index (κ1) is 15.0. The van der Waals surface area contributed by atoms with E-state index in [4.69, 9.17) is 15.9 Å². The Kier molecular flexibility index (Phi) is 4.78. The monoisotopic (exact) mass is 275 g/mol. The molecule has 1 heterocycles. The normalized spacial score (nSPS) is 25.3. The van der Waals surface area contributed by atoms with Gasteiger partial charge < -0.3 is 10.5 Å². The average Bonchev–Trinajstić information content (AvgIpc) is 2.45. The third-order valence-corrected chi connectivity index (χ3v) is 4.25. The maximum Gasteiger partial charge on any atom is 0.0995 e. The molecule has 2 unspecified atom stereocenters. The number of piperidine rings is 1. The Morgan fingerprint density at radius 3 is 2.75 bits per heavy atom. The van der Waals surface area contributed by atoms with Gasteiger partial charge in [-0.3, -0.25) is 10.3 Å². The molecule has 1 aromatic rings. The van der Waals surface area contributed by atoms with E-state index in [-0.39, 0.29) is 17.4 Å². The highest BCUT2D eigenvalue weighted by Gasteiger charge is 2.32. The molecule has 1 fully saturated rings. The maximum absolute atomic E-state index is 7.87.